The Kier molecular flexibility index (Phi) is 4.43. The van der Waals surface area contributed by atoms with E-state index in [1.54, 1.807) is 0 Å². The van der Waals surface area contributed by atoms with Crippen LogP contribution in [0.1, 0.15) is 52.4 Å². The molecule has 2 aliphatic rings. The molecule has 3 nitrogen and oxygen atoms in total. The Hall–Kier alpha value is -0.570. The Labute approximate surface area is 105 Å². The SMILES string of the molecule is CCC(CC)C(=O)N1CCO[C@H]2CCCC[C@H]21. The number of hydrogen-bond donors (Lipinski definition) is 0. The van der Waals surface area contributed by atoms with Crippen molar-refractivity contribution < 1.29 is 9.53 Å². The molecule has 1 heterocycles. The van der Waals surface area contributed by atoms with Crippen LogP contribution in [0.15, 0.2) is 0 Å². The molecular formula is C14H25NO2. The van der Waals surface area contributed by atoms with E-state index in [0.717, 1.165) is 38.8 Å². The first-order valence-corrected chi connectivity index (χ1v) is 7.20. The van der Waals surface area contributed by atoms with Gasteiger partial charge in [0.1, 0.15) is 0 Å². The fourth-order valence-electron chi connectivity index (χ4n) is 3.24. The number of morpholine rings is 1. The van der Waals surface area contributed by atoms with E-state index in [1.807, 2.05) is 0 Å². The molecule has 98 valence electrons. The highest BCUT2D eigenvalue weighted by atomic mass is 16.5. The van der Waals surface area contributed by atoms with E-state index in [2.05, 4.69) is 18.7 Å². The normalized spacial score (nSPS) is 29.2. The molecule has 0 aromatic heterocycles. The van der Waals surface area contributed by atoms with Gasteiger partial charge in [0.25, 0.3) is 0 Å². The average Bonchev–Trinajstić information content (AvgIpc) is 2.39. The molecule has 3 heteroatoms. The Bertz CT molecular complexity index is 261. The van der Waals surface area contributed by atoms with E-state index in [0.29, 0.717) is 18.1 Å². The van der Waals surface area contributed by atoms with Gasteiger partial charge in [-0.1, -0.05) is 26.7 Å². The lowest BCUT2D eigenvalue weighted by Crippen LogP contribution is -2.56. The van der Waals surface area contributed by atoms with Crippen molar-refractivity contribution in [1.82, 2.24) is 4.90 Å². The van der Waals surface area contributed by atoms with Gasteiger partial charge in [0, 0.05) is 12.5 Å². The van der Waals surface area contributed by atoms with Gasteiger partial charge in [0.05, 0.1) is 18.8 Å². The molecule has 0 radical (unpaired) electrons. The molecule has 2 rings (SSSR count). The second kappa shape index (κ2) is 5.85. The summed E-state index contributed by atoms with van der Waals surface area (Å²) >= 11 is 0. The predicted octanol–water partition coefficient (Wildman–Crippen LogP) is 2.59. The van der Waals surface area contributed by atoms with Crippen molar-refractivity contribution in [3.8, 4) is 0 Å². The van der Waals surface area contributed by atoms with E-state index in [-0.39, 0.29) is 5.92 Å². The molecule has 17 heavy (non-hydrogen) atoms. The first kappa shape index (κ1) is 12.9. The number of ether oxygens (including phenoxy) is 1. The van der Waals surface area contributed by atoms with Crippen molar-refractivity contribution in [2.75, 3.05) is 13.2 Å². The summed E-state index contributed by atoms with van der Waals surface area (Å²) < 4.78 is 5.82. The van der Waals surface area contributed by atoms with E-state index in [9.17, 15) is 4.79 Å². The summed E-state index contributed by atoms with van der Waals surface area (Å²) in [5, 5.41) is 0. The summed E-state index contributed by atoms with van der Waals surface area (Å²) in [4.78, 5) is 14.6. The highest BCUT2D eigenvalue weighted by molar-refractivity contribution is 5.79. The summed E-state index contributed by atoms with van der Waals surface area (Å²) in [5.74, 6) is 0.589. The van der Waals surface area contributed by atoms with Gasteiger partial charge in [-0.3, -0.25) is 4.79 Å². The fourth-order valence-corrected chi connectivity index (χ4v) is 3.24. The Morgan fingerprint density at radius 3 is 2.71 bits per heavy atom. The zero-order chi connectivity index (χ0) is 12.3. The number of rotatable bonds is 3. The number of carbonyl (C=O) groups is 1. The molecule has 1 saturated heterocycles. The highest BCUT2D eigenvalue weighted by Crippen LogP contribution is 2.30. The average molecular weight is 239 g/mol. The quantitative estimate of drug-likeness (QED) is 0.757. The molecule has 0 aromatic rings. The largest absolute Gasteiger partial charge is 0.374 e. The standard InChI is InChI=1S/C14H25NO2/c1-3-11(4-2)14(16)15-9-10-17-13-8-6-5-7-12(13)15/h11-13H,3-10H2,1-2H3/t12-,13+/m1/s1. The molecule has 0 spiro atoms. The molecule has 2 atom stereocenters. The Morgan fingerprint density at radius 2 is 2.00 bits per heavy atom. The summed E-state index contributed by atoms with van der Waals surface area (Å²) in [6.45, 7) is 5.76. The minimum Gasteiger partial charge on any atom is -0.374 e. The Morgan fingerprint density at radius 1 is 1.29 bits per heavy atom. The van der Waals surface area contributed by atoms with E-state index in [4.69, 9.17) is 4.74 Å². The third kappa shape index (κ3) is 2.65. The maximum atomic E-state index is 12.5. The van der Waals surface area contributed by atoms with Crippen LogP contribution in [0.5, 0.6) is 0 Å². The highest BCUT2D eigenvalue weighted by Gasteiger charge is 2.37. The van der Waals surface area contributed by atoms with Crippen LogP contribution in [-0.2, 0) is 9.53 Å². The third-order valence-electron chi connectivity index (χ3n) is 4.35. The van der Waals surface area contributed by atoms with Gasteiger partial charge in [-0.2, -0.15) is 0 Å². The summed E-state index contributed by atoms with van der Waals surface area (Å²) in [6, 6.07) is 0.366. The lowest BCUT2D eigenvalue weighted by atomic mass is 9.89. The summed E-state index contributed by atoms with van der Waals surface area (Å²) in [5.41, 5.74) is 0. The van der Waals surface area contributed by atoms with Crippen LogP contribution in [-0.4, -0.2) is 36.1 Å². The molecule has 1 amide bonds. The molecule has 1 saturated carbocycles. The van der Waals surface area contributed by atoms with Gasteiger partial charge in [-0.15, -0.1) is 0 Å². The molecule has 0 bridgehead atoms. The molecule has 2 fully saturated rings. The number of carbonyl (C=O) groups excluding carboxylic acids is 1. The maximum Gasteiger partial charge on any atom is 0.226 e. The Balaban J connectivity index is 2.05. The van der Waals surface area contributed by atoms with Gasteiger partial charge in [0.2, 0.25) is 5.91 Å². The van der Waals surface area contributed by atoms with Crippen LogP contribution in [0.4, 0.5) is 0 Å². The van der Waals surface area contributed by atoms with Crippen molar-refractivity contribution in [3.05, 3.63) is 0 Å². The lowest BCUT2D eigenvalue weighted by molar-refractivity contribution is -0.154. The van der Waals surface area contributed by atoms with Crippen LogP contribution >= 0.6 is 0 Å². The number of hydrogen-bond acceptors (Lipinski definition) is 2. The minimum absolute atomic E-state index is 0.218. The molecule has 0 N–H and O–H groups in total. The van der Waals surface area contributed by atoms with Crippen LogP contribution in [0.2, 0.25) is 0 Å². The molecule has 1 aliphatic carbocycles. The monoisotopic (exact) mass is 239 g/mol. The van der Waals surface area contributed by atoms with Gasteiger partial charge >= 0.3 is 0 Å². The van der Waals surface area contributed by atoms with Gasteiger partial charge in [0.15, 0.2) is 0 Å². The first-order chi connectivity index (χ1) is 8.27. The van der Waals surface area contributed by atoms with Gasteiger partial charge in [-0.25, -0.2) is 0 Å². The van der Waals surface area contributed by atoms with Crippen molar-refractivity contribution in [2.45, 2.75) is 64.5 Å². The molecule has 0 aromatic carbocycles. The number of fused-ring (bicyclic) bond motifs is 1. The van der Waals surface area contributed by atoms with Crippen LogP contribution < -0.4 is 0 Å². The molecule has 1 aliphatic heterocycles. The second-order valence-corrected chi connectivity index (χ2v) is 5.31. The van der Waals surface area contributed by atoms with E-state index < -0.39 is 0 Å². The van der Waals surface area contributed by atoms with Crippen molar-refractivity contribution in [3.63, 3.8) is 0 Å². The zero-order valence-corrected chi connectivity index (χ0v) is 11.2. The van der Waals surface area contributed by atoms with E-state index >= 15 is 0 Å². The van der Waals surface area contributed by atoms with Crippen molar-refractivity contribution in [1.29, 1.82) is 0 Å². The van der Waals surface area contributed by atoms with Crippen LogP contribution in [0.3, 0.4) is 0 Å². The molecular weight excluding hydrogens is 214 g/mol. The van der Waals surface area contributed by atoms with Gasteiger partial charge in [-0.05, 0) is 25.7 Å². The van der Waals surface area contributed by atoms with E-state index in [1.165, 1.54) is 12.8 Å². The van der Waals surface area contributed by atoms with Crippen molar-refractivity contribution in [2.24, 2.45) is 5.92 Å². The summed E-state index contributed by atoms with van der Waals surface area (Å²) in [6.07, 6.45) is 7.02. The predicted molar refractivity (Wildman–Crippen MR) is 67.8 cm³/mol. The van der Waals surface area contributed by atoms with Crippen molar-refractivity contribution >= 4 is 5.91 Å². The van der Waals surface area contributed by atoms with Crippen LogP contribution in [0.25, 0.3) is 0 Å². The molecule has 0 unspecified atom stereocenters. The minimum atomic E-state index is 0.218. The number of nitrogens with zero attached hydrogens (tertiary/aromatic N) is 1. The third-order valence-corrected chi connectivity index (χ3v) is 4.35. The van der Waals surface area contributed by atoms with Gasteiger partial charge < -0.3 is 9.64 Å². The zero-order valence-electron chi connectivity index (χ0n) is 11.2. The number of amides is 1. The fraction of sp³-hybridized carbons (Fsp3) is 0.929. The smallest absolute Gasteiger partial charge is 0.226 e. The first-order valence-electron chi connectivity index (χ1n) is 7.20. The van der Waals surface area contributed by atoms with Crippen LogP contribution in [0, 0.1) is 5.92 Å². The summed E-state index contributed by atoms with van der Waals surface area (Å²) in [7, 11) is 0. The lowest BCUT2D eigenvalue weighted by Gasteiger charge is -2.44. The topological polar surface area (TPSA) is 29.5 Å². The maximum absolute atomic E-state index is 12.5. The second-order valence-electron chi connectivity index (χ2n) is 5.31.